The maximum absolute atomic E-state index is 12.7. The number of halogens is 2. The lowest BCUT2D eigenvalue weighted by Crippen LogP contribution is -2.12. The molecule has 0 radical (unpaired) electrons. The van der Waals surface area contributed by atoms with Crippen LogP contribution in [-0.2, 0) is 5.75 Å². The molecule has 10 heteroatoms. The average Bonchev–Trinajstić information content (AvgIpc) is 3.49. The summed E-state index contributed by atoms with van der Waals surface area (Å²) >= 11 is 13.3. The third kappa shape index (κ3) is 6.07. The second-order valence-corrected chi connectivity index (χ2v) is 10.2. The smallest absolute Gasteiger partial charge is 0.276 e. The Kier molecular flexibility index (Phi) is 7.84. The van der Waals surface area contributed by atoms with Crippen LogP contribution in [0.15, 0.2) is 101 Å². The number of carbonyl (C=O) groups excluding carboxylic acids is 1. The summed E-state index contributed by atoms with van der Waals surface area (Å²) in [6, 6.07) is 23.4. The Bertz CT molecular complexity index is 1760. The number of aromatic nitrogens is 3. The maximum atomic E-state index is 12.7. The van der Waals surface area contributed by atoms with Gasteiger partial charge in [-0.05, 0) is 65.7 Å². The molecule has 3 aromatic carbocycles. The van der Waals surface area contributed by atoms with E-state index in [1.807, 2.05) is 71.6 Å². The zero-order valence-corrected chi connectivity index (χ0v) is 22.5. The van der Waals surface area contributed by atoms with Gasteiger partial charge < -0.3 is 14.9 Å². The largest absolute Gasteiger partial charge is 0.324 e. The number of aromatic amines is 1. The van der Waals surface area contributed by atoms with E-state index in [2.05, 4.69) is 20.1 Å². The number of hydrogen-bond donors (Lipinski definition) is 2. The summed E-state index contributed by atoms with van der Waals surface area (Å²) in [4.78, 5) is 36.1. The lowest BCUT2D eigenvalue weighted by molar-refractivity contribution is 0.102. The Morgan fingerprint density at radius 3 is 2.49 bits per heavy atom. The molecule has 0 bridgehead atoms. The molecule has 192 valence electrons. The minimum Gasteiger partial charge on any atom is -0.324 e. The second kappa shape index (κ2) is 11.6. The van der Waals surface area contributed by atoms with Crippen LogP contribution in [0.5, 0.6) is 0 Å². The van der Waals surface area contributed by atoms with Crippen molar-refractivity contribution < 1.29 is 4.79 Å². The molecular weight excluding hydrogens is 553 g/mol. The van der Waals surface area contributed by atoms with Crippen LogP contribution in [-0.4, -0.2) is 20.4 Å². The van der Waals surface area contributed by atoms with Gasteiger partial charge in [0.1, 0.15) is 0 Å². The highest BCUT2D eigenvalue weighted by molar-refractivity contribution is 7.98. The van der Waals surface area contributed by atoms with Crippen molar-refractivity contribution in [1.82, 2.24) is 14.5 Å². The normalized spacial score (nSPS) is 10.7. The van der Waals surface area contributed by atoms with E-state index in [4.69, 9.17) is 29.8 Å². The summed E-state index contributed by atoms with van der Waals surface area (Å²) in [5.74, 6) is 0.162. The number of nitrogens with zero attached hydrogens (tertiary/aromatic N) is 3. The van der Waals surface area contributed by atoms with Crippen molar-refractivity contribution in [1.29, 1.82) is 0 Å². The van der Waals surface area contributed by atoms with Gasteiger partial charge in [0.25, 0.3) is 17.2 Å². The van der Waals surface area contributed by atoms with Gasteiger partial charge in [0, 0.05) is 35.1 Å². The number of hydrogen-bond acceptors (Lipinski definition) is 4. The van der Waals surface area contributed by atoms with Crippen molar-refractivity contribution in [2.24, 2.45) is 0 Å². The summed E-state index contributed by atoms with van der Waals surface area (Å²) in [5, 5.41) is 3.92. The monoisotopic (exact) mass is 571 g/mol. The van der Waals surface area contributed by atoms with Crippen LogP contribution in [0.1, 0.15) is 15.9 Å². The van der Waals surface area contributed by atoms with Gasteiger partial charge in [-0.25, -0.2) is 9.83 Å². The predicted molar refractivity (Wildman–Crippen MR) is 156 cm³/mol. The highest BCUT2D eigenvalue weighted by atomic mass is 35.5. The number of amides is 1. The molecule has 0 saturated carbocycles. The quantitative estimate of drug-likeness (QED) is 0.119. The lowest BCUT2D eigenvalue weighted by Gasteiger charge is -2.10. The first-order chi connectivity index (χ1) is 18.9. The average molecular weight is 572 g/mol. The van der Waals surface area contributed by atoms with Crippen molar-refractivity contribution in [2.75, 3.05) is 5.32 Å². The van der Waals surface area contributed by atoms with E-state index in [-0.39, 0.29) is 11.6 Å². The minimum atomic E-state index is -0.491. The van der Waals surface area contributed by atoms with Gasteiger partial charge in [-0.1, -0.05) is 59.2 Å². The summed E-state index contributed by atoms with van der Waals surface area (Å²) in [6.45, 7) is 7.51. The van der Waals surface area contributed by atoms with Gasteiger partial charge in [-0.15, -0.1) is 0 Å². The summed E-state index contributed by atoms with van der Waals surface area (Å²) in [5.41, 5.74) is 3.32. The molecule has 0 spiro atoms. The molecule has 1 amide bonds. The third-order valence-corrected chi connectivity index (χ3v) is 7.45. The van der Waals surface area contributed by atoms with E-state index in [0.29, 0.717) is 43.5 Å². The van der Waals surface area contributed by atoms with Gasteiger partial charge in [0.2, 0.25) is 0 Å². The molecule has 5 aromatic rings. The van der Waals surface area contributed by atoms with Crippen LogP contribution in [0.3, 0.4) is 0 Å². The SMILES string of the molecule is [C-]#[N+]c1c(-c2ccc(-n3cccc3)cc2)nc(SCc2cccc(NC(=O)c3ccc(Cl)c(Cl)c3)c2)[nH]c1=O. The molecule has 2 N–H and O–H groups in total. The molecule has 7 nitrogen and oxygen atoms in total. The van der Waals surface area contributed by atoms with Crippen molar-refractivity contribution in [3.05, 3.63) is 134 Å². The van der Waals surface area contributed by atoms with E-state index in [9.17, 15) is 9.59 Å². The molecular formula is C29H19Cl2N5O2S. The van der Waals surface area contributed by atoms with Gasteiger partial charge in [-0.2, -0.15) is 0 Å². The third-order valence-electron chi connectivity index (χ3n) is 5.77. The number of anilines is 1. The van der Waals surface area contributed by atoms with Crippen LogP contribution in [0.25, 0.3) is 21.8 Å². The highest BCUT2D eigenvalue weighted by Crippen LogP contribution is 2.29. The number of carbonyl (C=O) groups is 1. The molecule has 0 atom stereocenters. The van der Waals surface area contributed by atoms with Crippen LogP contribution in [0.4, 0.5) is 11.4 Å². The molecule has 2 heterocycles. The van der Waals surface area contributed by atoms with Gasteiger partial charge in [-0.3, -0.25) is 9.59 Å². The lowest BCUT2D eigenvalue weighted by atomic mass is 10.1. The van der Waals surface area contributed by atoms with E-state index in [1.54, 1.807) is 18.2 Å². The number of rotatable bonds is 7. The van der Waals surface area contributed by atoms with Crippen LogP contribution < -0.4 is 10.9 Å². The fourth-order valence-corrected chi connectivity index (χ4v) is 4.95. The Morgan fingerprint density at radius 1 is 1.00 bits per heavy atom. The molecule has 5 rings (SSSR count). The Balaban J connectivity index is 1.33. The van der Waals surface area contributed by atoms with Gasteiger partial charge in [0.15, 0.2) is 5.16 Å². The van der Waals surface area contributed by atoms with E-state index < -0.39 is 5.56 Å². The molecule has 0 fully saturated rings. The van der Waals surface area contributed by atoms with E-state index in [0.717, 1.165) is 11.3 Å². The Hall–Kier alpha value is -4.29. The first kappa shape index (κ1) is 26.3. The number of H-pyrrole nitrogens is 1. The van der Waals surface area contributed by atoms with E-state index in [1.165, 1.54) is 17.8 Å². The minimum absolute atomic E-state index is 0.0555. The Labute approximate surface area is 238 Å². The maximum Gasteiger partial charge on any atom is 0.276 e. The summed E-state index contributed by atoms with van der Waals surface area (Å²) < 4.78 is 1.97. The van der Waals surface area contributed by atoms with Gasteiger partial charge >= 0.3 is 0 Å². The first-order valence-electron chi connectivity index (χ1n) is 11.6. The standard InChI is InChI=1S/C29H19Cl2N5O2S/c1-32-26-25(19-7-10-22(11-8-19)36-13-2-3-14-36)34-29(35-28(26)38)39-17-18-5-4-6-21(15-18)33-27(37)20-9-12-23(30)24(31)16-20/h2-16H,17H2,(H,33,37)(H,34,35,38). The van der Waals surface area contributed by atoms with E-state index >= 15 is 0 Å². The zero-order chi connectivity index (χ0) is 27.4. The van der Waals surface area contributed by atoms with Crippen LogP contribution >= 0.6 is 35.0 Å². The molecule has 0 aliphatic carbocycles. The molecule has 0 aliphatic heterocycles. The number of thioether (sulfide) groups is 1. The van der Waals surface area contributed by atoms with Crippen molar-refractivity contribution in [3.8, 4) is 16.9 Å². The van der Waals surface area contributed by atoms with Crippen LogP contribution in [0.2, 0.25) is 10.0 Å². The molecule has 39 heavy (non-hydrogen) atoms. The number of nitrogens with one attached hydrogen (secondary N) is 2. The van der Waals surface area contributed by atoms with Crippen molar-refractivity contribution >= 4 is 52.2 Å². The molecule has 0 aliphatic rings. The molecule has 2 aromatic heterocycles. The predicted octanol–water partition coefficient (Wildman–Crippen LogP) is 7.63. The highest BCUT2D eigenvalue weighted by Gasteiger charge is 2.15. The number of benzene rings is 3. The second-order valence-electron chi connectivity index (χ2n) is 8.39. The zero-order valence-electron chi connectivity index (χ0n) is 20.2. The fraction of sp³-hybridized carbons (Fsp3) is 0.0345. The molecule has 0 saturated heterocycles. The fourth-order valence-electron chi connectivity index (χ4n) is 3.85. The summed E-state index contributed by atoms with van der Waals surface area (Å²) in [7, 11) is 0. The topological polar surface area (TPSA) is 84.1 Å². The van der Waals surface area contributed by atoms with Crippen LogP contribution in [0, 0.1) is 6.57 Å². The summed E-state index contributed by atoms with van der Waals surface area (Å²) in [6.07, 6.45) is 3.88. The van der Waals surface area contributed by atoms with Gasteiger partial charge in [0.05, 0.1) is 22.3 Å². The molecule has 0 unspecified atom stereocenters. The Morgan fingerprint density at radius 2 is 1.77 bits per heavy atom. The van der Waals surface area contributed by atoms with Crippen molar-refractivity contribution in [3.63, 3.8) is 0 Å². The first-order valence-corrected chi connectivity index (χ1v) is 13.4. The van der Waals surface area contributed by atoms with Crippen molar-refractivity contribution in [2.45, 2.75) is 10.9 Å².